The van der Waals surface area contributed by atoms with Gasteiger partial charge in [-0.2, -0.15) is 5.26 Å². The van der Waals surface area contributed by atoms with Gasteiger partial charge in [-0.25, -0.2) is 4.79 Å². The van der Waals surface area contributed by atoms with Crippen LogP contribution in [0, 0.1) is 21.4 Å². The summed E-state index contributed by atoms with van der Waals surface area (Å²) in [7, 11) is 0. The molecule has 0 heterocycles. The number of amides is 1. The zero-order valence-corrected chi connectivity index (χ0v) is 16.8. The van der Waals surface area contributed by atoms with E-state index in [1.807, 2.05) is 13.0 Å². The molecule has 0 bridgehead atoms. The SMILES string of the molecule is CCCCNC(=O)/C(C#N)=C/c1ccc(OC(=O)c2cc([N+](=O)[O-])ccc2Cl)cc1. The van der Waals surface area contributed by atoms with Crippen molar-refractivity contribution in [2.24, 2.45) is 0 Å². The summed E-state index contributed by atoms with van der Waals surface area (Å²) in [6, 6.07) is 11.4. The second kappa shape index (κ2) is 10.7. The lowest BCUT2D eigenvalue weighted by atomic mass is 10.1. The van der Waals surface area contributed by atoms with Crippen LogP contribution in [-0.4, -0.2) is 23.3 Å². The van der Waals surface area contributed by atoms with Gasteiger partial charge in [-0.1, -0.05) is 37.1 Å². The van der Waals surface area contributed by atoms with E-state index in [4.69, 9.17) is 16.3 Å². The highest BCUT2D eigenvalue weighted by atomic mass is 35.5. The number of hydrogen-bond donors (Lipinski definition) is 1. The standard InChI is InChI=1S/C21H18ClN3O5/c1-2-3-10-24-20(26)15(13-23)11-14-4-7-17(8-5-14)30-21(27)18-12-16(25(28)29)6-9-19(18)22/h4-9,11-12H,2-3,10H2,1H3,(H,24,26)/b15-11+. The molecule has 8 nitrogen and oxygen atoms in total. The largest absolute Gasteiger partial charge is 0.423 e. The van der Waals surface area contributed by atoms with E-state index in [0.717, 1.165) is 18.9 Å². The third-order valence-corrected chi connectivity index (χ3v) is 4.29. The molecule has 0 aliphatic carbocycles. The number of hydrogen-bond acceptors (Lipinski definition) is 6. The molecule has 0 aliphatic rings. The van der Waals surface area contributed by atoms with E-state index in [9.17, 15) is 25.0 Å². The number of benzene rings is 2. The molecule has 0 unspecified atom stereocenters. The summed E-state index contributed by atoms with van der Waals surface area (Å²) in [4.78, 5) is 34.5. The molecule has 2 aromatic rings. The number of nitriles is 1. The summed E-state index contributed by atoms with van der Waals surface area (Å²) in [6.45, 7) is 2.48. The molecule has 0 saturated carbocycles. The van der Waals surface area contributed by atoms with Crippen LogP contribution in [0.5, 0.6) is 5.75 Å². The van der Waals surface area contributed by atoms with Crippen LogP contribution < -0.4 is 10.1 Å². The monoisotopic (exact) mass is 427 g/mol. The van der Waals surface area contributed by atoms with Crippen molar-refractivity contribution in [1.82, 2.24) is 5.32 Å². The number of non-ortho nitro benzene ring substituents is 1. The van der Waals surface area contributed by atoms with Gasteiger partial charge in [0.15, 0.2) is 0 Å². The number of nitro groups is 1. The number of carbonyl (C=O) groups is 2. The van der Waals surface area contributed by atoms with E-state index in [-0.39, 0.29) is 27.6 Å². The molecule has 0 radical (unpaired) electrons. The van der Waals surface area contributed by atoms with Crippen molar-refractivity contribution in [2.45, 2.75) is 19.8 Å². The van der Waals surface area contributed by atoms with Gasteiger partial charge in [0, 0.05) is 18.7 Å². The van der Waals surface area contributed by atoms with Crippen molar-refractivity contribution in [3.63, 3.8) is 0 Å². The maximum Gasteiger partial charge on any atom is 0.345 e. The van der Waals surface area contributed by atoms with Gasteiger partial charge in [0.2, 0.25) is 0 Å². The Morgan fingerprint density at radius 3 is 2.57 bits per heavy atom. The Hall–Kier alpha value is -3.70. The van der Waals surface area contributed by atoms with Crippen LogP contribution in [0.25, 0.3) is 6.08 Å². The van der Waals surface area contributed by atoms with E-state index in [0.29, 0.717) is 12.1 Å². The molecule has 0 saturated heterocycles. The molecule has 9 heteroatoms. The highest BCUT2D eigenvalue weighted by Gasteiger charge is 2.18. The Bertz CT molecular complexity index is 1030. The first-order valence-electron chi connectivity index (χ1n) is 9.02. The van der Waals surface area contributed by atoms with E-state index in [1.54, 1.807) is 12.1 Å². The van der Waals surface area contributed by atoms with Crippen molar-refractivity contribution in [3.8, 4) is 11.8 Å². The Balaban J connectivity index is 2.11. The average Bonchev–Trinajstić information content (AvgIpc) is 2.73. The van der Waals surface area contributed by atoms with Gasteiger partial charge >= 0.3 is 5.97 Å². The van der Waals surface area contributed by atoms with Crippen LogP contribution in [0.1, 0.15) is 35.7 Å². The zero-order chi connectivity index (χ0) is 22.1. The molecule has 0 spiro atoms. The van der Waals surface area contributed by atoms with Crippen LogP contribution in [0.4, 0.5) is 5.69 Å². The Kier molecular flexibility index (Phi) is 8.08. The number of carbonyl (C=O) groups excluding carboxylic acids is 2. The fourth-order valence-electron chi connectivity index (χ4n) is 2.37. The maximum atomic E-state index is 12.3. The van der Waals surface area contributed by atoms with Crippen LogP contribution >= 0.6 is 11.6 Å². The molecule has 0 aromatic heterocycles. The molecular weight excluding hydrogens is 410 g/mol. The first-order valence-corrected chi connectivity index (χ1v) is 9.39. The molecule has 30 heavy (non-hydrogen) atoms. The lowest BCUT2D eigenvalue weighted by molar-refractivity contribution is -0.384. The average molecular weight is 428 g/mol. The third-order valence-electron chi connectivity index (χ3n) is 3.96. The lowest BCUT2D eigenvalue weighted by Crippen LogP contribution is -2.25. The number of esters is 1. The minimum atomic E-state index is -0.847. The molecule has 0 fully saturated rings. The van der Waals surface area contributed by atoms with Gasteiger partial charge in [-0.05, 0) is 36.3 Å². The van der Waals surface area contributed by atoms with Crippen molar-refractivity contribution in [1.29, 1.82) is 5.26 Å². The first kappa shape index (κ1) is 22.6. The molecule has 2 aromatic carbocycles. The van der Waals surface area contributed by atoms with E-state index >= 15 is 0 Å². The molecule has 1 N–H and O–H groups in total. The topological polar surface area (TPSA) is 122 Å². The molecule has 2 rings (SSSR count). The second-order valence-electron chi connectivity index (χ2n) is 6.16. The summed E-state index contributed by atoms with van der Waals surface area (Å²) in [5, 5.41) is 22.8. The molecule has 1 amide bonds. The van der Waals surface area contributed by atoms with Gasteiger partial charge < -0.3 is 10.1 Å². The number of nitro benzene ring substituents is 1. The highest BCUT2D eigenvalue weighted by molar-refractivity contribution is 6.33. The summed E-state index contributed by atoms with van der Waals surface area (Å²) < 4.78 is 5.20. The first-order chi connectivity index (χ1) is 14.3. The summed E-state index contributed by atoms with van der Waals surface area (Å²) in [5.74, 6) is -1.13. The Morgan fingerprint density at radius 2 is 1.97 bits per heavy atom. The fourth-order valence-corrected chi connectivity index (χ4v) is 2.56. The van der Waals surface area contributed by atoms with Crippen molar-refractivity contribution >= 4 is 35.2 Å². The minimum Gasteiger partial charge on any atom is -0.423 e. The lowest BCUT2D eigenvalue weighted by Gasteiger charge is -2.06. The van der Waals surface area contributed by atoms with Crippen LogP contribution in [0.2, 0.25) is 5.02 Å². The summed E-state index contributed by atoms with van der Waals surface area (Å²) in [6.07, 6.45) is 3.16. The normalized spacial score (nSPS) is 10.8. The molecule has 0 atom stereocenters. The highest BCUT2D eigenvalue weighted by Crippen LogP contribution is 2.24. The maximum absolute atomic E-state index is 12.3. The number of nitrogens with zero attached hydrogens (tertiary/aromatic N) is 2. The van der Waals surface area contributed by atoms with Crippen molar-refractivity contribution < 1.29 is 19.2 Å². The van der Waals surface area contributed by atoms with E-state index < -0.39 is 16.8 Å². The Morgan fingerprint density at radius 1 is 1.27 bits per heavy atom. The molecule has 154 valence electrons. The smallest absolute Gasteiger partial charge is 0.345 e. The summed E-state index contributed by atoms with van der Waals surface area (Å²) >= 11 is 5.94. The van der Waals surface area contributed by atoms with Gasteiger partial charge in [0.05, 0.1) is 15.5 Å². The number of unbranched alkanes of at least 4 members (excludes halogenated alkanes) is 1. The zero-order valence-electron chi connectivity index (χ0n) is 16.1. The third kappa shape index (κ3) is 6.15. The van der Waals surface area contributed by atoms with Crippen LogP contribution in [0.3, 0.4) is 0 Å². The van der Waals surface area contributed by atoms with Crippen LogP contribution in [-0.2, 0) is 4.79 Å². The number of rotatable bonds is 8. The Labute approximate surface area is 177 Å². The van der Waals surface area contributed by atoms with Gasteiger partial charge in [-0.15, -0.1) is 0 Å². The van der Waals surface area contributed by atoms with Gasteiger partial charge in [0.1, 0.15) is 17.4 Å². The summed E-state index contributed by atoms with van der Waals surface area (Å²) in [5.41, 5.74) is 0.100. The predicted octanol–water partition coefficient (Wildman–Crippen LogP) is 4.29. The van der Waals surface area contributed by atoms with Crippen molar-refractivity contribution in [2.75, 3.05) is 6.54 Å². The molecular formula is C21H18ClN3O5. The fraction of sp³-hybridized carbons (Fsp3) is 0.190. The molecule has 0 aliphatic heterocycles. The van der Waals surface area contributed by atoms with Gasteiger partial charge in [0.25, 0.3) is 11.6 Å². The predicted molar refractivity (Wildman–Crippen MR) is 111 cm³/mol. The van der Waals surface area contributed by atoms with Crippen molar-refractivity contribution in [3.05, 3.63) is 74.3 Å². The van der Waals surface area contributed by atoms with Gasteiger partial charge in [-0.3, -0.25) is 14.9 Å². The van der Waals surface area contributed by atoms with Crippen LogP contribution in [0.15, 0.2) is 48.0 Å². The number of halogens is 1. The quantitative estimate of drug-likeness (QED) is 0.127. The number of ether oxygens (including phenoxy) is 1. The van der Waals surface area contributed by atoms with E-state index in [1.165, 1.54) is 30.3 Å². The minimum absolute atomic E-state index is 0.0258. The second-order valence-corrected chi connectivity index (χ2v) is 6.57. The van der Waals surface area contributed by atoms with E-state index in [2.05, 4.69) is 5.32 Å². The number of nitrogens with one attached hydrogen (secondary N) is 1.